The molecule has 8 heteroatoms. The quantitative estimate of drug-likeness (QED) is 0.643. The third kappa shape index (κ3) is 4.58. The minimum absolute atomic E-state index is 0.104. The van der Waals surface area contributed by atoms with Crippen LogP contribution in [-0.4, -0.2) is 17.4 Å². The molecule has 0 bridgehead atoms. The lowest BCUT2D eigenvalue weighted by atomic mass is 10.2. The van der Waals surface area contributed by atoms with Crippen molar-refractivity contribution in [3.8, 4) is 5.75 Å². The molecule has 1 N–H and O–H groups in total. The van der Waals surface area contributed by atoms with Gasteiger partial charge in [-0.15, -0.1) is 0 Å². The highest BCUT2D eigenvalue weighted by molar-refractivity contribution is 6.35. The third-order valence-corrected chi connectivity index (χ3v) is 3.49. The molecule has 0 heterocycles. The monoisotopic (exact) mass is 354 g/mol. The van der Waals surface area contributed by atoms with Crippen molar-refractivity contribution in [1.82, 2.24) is 0 Å². The fraction of sp³-hybridized carbons (Fsp3) is 0.133. The van der Waals surface area contributed by atoms with Gasteiger partial charge in [0.15, 0.2) is 6.61 Å². The van der Waals surface area contributed by atoms with Crippen molar-refractivity contribution in [3.05, 3.63) is 62.1 Å². The number of non-ortho nitro benzene ring substituents is 1. The van der Waals surface area contributed by atoms with E-state index in [9.17, 15) is 14.9 Å². The number of nitro groups is 1. The van der Waals surface area contributed by atoms with Crippen molar-refractivity contribution >= 4 is 40.5 Å². The molecule has 0 radical (unpaired) electrons. The largest absolute Gasteiger partial charge is 0.482 e. The van der Waals surface area contributed by atoms with Gasteiger partial charge in [-0.2, -0.15) is 0 Å². The van der Waals surface area contributed by atoms with E-state index in [1.807, 2.05) is 0 Å². The smallest absolute Gasteiger partial charge is 0.271 e. The molecular weight excluding hydrogens is 343 g/mol. The van der Waals surface area contributed by atoms with Gasteiger partial charge in [0, 0.05) is 17.2 Å². The lowest BCUT2D eigenvalue weighted by Crippen LogP contribution is -2.20. The number of carbonyl (C=O) groups is 1. The number of ether oxygens (including phenoxy) is 1. The van der Waals surface area contributed by atoms with E-state index in [-0.39, 0.29) is 17.3 Å². The molecule has 2 rings (SSSR count). The molecule has 1 amide bonds. The Kier molecular flexibility index (Phi) is 5.41. The Bertz CT molecular complexity index is 765. The Morgan fingerprint density at radius 1 is 1.26 bits per heavy atom. The lowest BCUT2D eigenvalue weighted by molar-refractivity contribution is -0.384. The second kappa shape index (κ2) is 7.30. The minimum atomic E-state index is -0.529. The molecule has 0 fully saturated rings. The predicted octanol–water partition coefficient (Wildman–Crippen LogP) is 4.23. The van der Waals surface area contributed by atoms with E-state index in [0.29, 0.717) is 22.0 Å². The molecule has 120 valence electrons. The molecule has 0 aliphatic rings. The lowest BCUT2D eigenvalue weighted by Gasteiger charge is -2.10. The summed E-state index contributed by atoms with van der Waals surface area (Å²) in [6, 6.07) is 8.87. The Labute approximate surface area is 142 Å². The number of benzene rings is 2. The van der Waals surface area contributed by atoms with Gasteiger partial charge in [-0.05, 0) is 30.7 Å². The van der Waals surface area contributed by atoms with Crippen molar-refractivity contribution in [2.45, 2.75) is 6.92 Å². The first kappa shape index (κ1) is 17.1. The van der Waals surface area contributed by atoms with Gasteiger partial charge in [0.25, 0.3) is 11.6 Å². The maximum Gasteiger partial charge on any atom is 0.271 e. The normalized spacial score (nSPS) is 10.2. The van der Waals surface area contributed by atoms with Gasteiger partial charge in [0.1, 0.15) is 5.75 Å². The number of nitrogens with zero attached hydrogens (tertiary/aromatic N) is 1. The number of amides is 1. The summed E-state index contributed by atoms with van der Waals surface area (Å²) in [6.45, 7) is 1.44. The van der Waals surface area contributed by atoms with Gasteiger partial charge in [-0.1, -0.05) is 29.3 Å². The Hall–Kier alpha value is -2.31. The van der Waals surface area contributed by atoms with Gasteiger partial charge in [-0.3, -0.25) is 14.9 Å². The number of carbonyl (C=O) groups excluding carboxylic acids is 1. The summed E-state index contributed by atoms with van der Waals surface area (Å²) in [6.07, 6.45) is 0. The van der Waals surface area contributed by atoms with E-state index in [1.54, 1.807) is 25.1 Å². The fourth-order valence-corrected chi connectivity index (χ4v) is 2.24. The summed E-state index contributed by atoms with van der Waals surface area (Å²) in [5, 5.41) is 14.1. The summed E-state index contributed by atoms with van der Waals surface area (Å²) in [5.41, 5.74) is 0.955. The molecule has 2 aromatic carbocycles. The molecule has 0 aliphatic carbocycles. The minimum Gasteiger partial charge on any atom is -0.482 e. The number of rotatable bonds is 5. The molecule has 0 aromatic heterocycles. The first-order valence-corrected chi connectivity index (χ1v) is 7.25. The molecule has 6 nitrogen and oxygen atoms in total. The number of hydrogen-bond acceptors (Lipinski definition) is 4. The predicted molar refractivity (Wildman–Crippen MR) is 88.4 cm³/mol. The average Bonchev–Trinajstić information content (AvgIpc) is 2.48. The SMILES string of the molecule is Cc1ccc([N+](=O)[O-])cc1NC(=O)COc1ccc(Cl)cc1Cl. The molecule has 2 aromatic rings. The standard InChI is InChI=1S/C15H12Cl2N2O4/c1-9-2-4-11(19(21)22)7-13(9)18-15(20)8-23-14-5-3-10(16)6-12(14)17/h2-7H,8H2,1H3,(H,18,20). The van der Waals surface area contributed by atoms with Gasteiger partial charge in [-0.25, -0.2) is 0 Å². The van der Waals surface area contributed by atoms with Gasteiger partial charge >= 0.3 is 0 Å². The van der Waals surface area contributed by atoms with Crippen molar-refractivity contribution < 1.29 is 14.5 Å². The number of anilines is 1. The molecule has 23 heavy (non-hydrogen) atoms. The summed E-state index contributed by atoms with van der Waals surface area (Å²) >= 11 is 11.7. The maximum absolute atomic E-state index is 11.9. The van der Waals surface area contributed by atoms with Crippen LogP contribution in [0, 0.1) is 17.0 Å². The van der Waals surface area contributed by atoms with Crippen molar-refractivity contribution in [1.29, 1.82) is 0 Å². The van der Waals surface area contributed by atoms with Gasteiger partial charge in [0.05, 0.1) is 15.6 Å². The second-order valence-electron chi connectivity index (χ2n) is 4.67. The molecule has 0 unspecified atom stereocenters. The van der Waals surface area contributed by atoms with E-state index in [0.717, 1.165) is 0 Å². The maximum atomic E-state index is 11.9. The van der Waals surface area contributed by atoms with Crippen LogP contribution in [0.2, 0.25) is 10.0 Å². The number of halogens is 2. The first-order chi connectivity index (χ1) is 10.9. The Balaban J connectivity index is 2.02. The summed E-state index contributed by atoms with van der Waals surface area (Å²) < 4.78 is 5.31. The zero-order valence-corrected chi connectivity index (χ0v) is 13.5. The van der Waals surface area contributed by atoms with Crippen LogP contribution in [-0.2, 0) is 4.79 Å². The average molecular weight is 355 g/mol. The third-order valence-electron chi connectivity index (χ3n) is 2.96. The van der Waals surface area contributed by atoms with Gasteiger partial charge < -0.3 is 10.1 Å². The highest BCUT2D eigenvalue weighted by Crippen LogP contribution is 2.27. The molecule has 0 atom stereocenters. The number of nitro benzene ring substituents is 1. The van der Waals surface area contributed by atoms with Crippen LogP contribution in [0.1, 0.15) is 5.56 Å². The van der Waals surface area contributed by atoms with Crippen molar-refractivity contribution in [2.24, 2.45) is 0 Å². The highest BCUT2D eigenvalue weighted by atomic mass is 35.5. The van der Waals surface area contributed by atoms with Crippen LogP contribution in [0.25, 0.3) is 0 Å². The second-order valence-corrected chi connectivity index (χ2v) is 5.51. The molecular formula is C15H12Cl2N2O4. The van der Waals surface area contributed by atoms with E-state index in [4.69, 9.17) is 27.9 Å². The van der Waals surface area contributed by atoms with E-state index in [2.05, 4.69) is 5.32 Å². The summed E-state index contributed by atoms with van der Waals surface area (Å²) in [4.78, 5) is 22.2. The first-order valence-electron chi connectivity index (χ1n) is 6.49. The van der Waals surface area contributed by atoms with Crippen LogP contribution in [0.5, 0.6) is 5.75 Å². The zero-order chi connectivity index (χ0) is 17.0. The Morgan fingerprint density at radius 3 is 2.65 bits per heavy atom. The summed E-state index contributed by atoms with van der Waals surface area (Å²) in [7, 11) is 0. The molecule has 0 saturated carbocycles. The summed E-state index contributed by atoms with van der Waals surface area (Å²) in [5.74, 6) is -0.137. The van der Waals surface area contributed by atoms with Crippen molar-refractivity contribution in [2.75, 3.05) is 11.9 Å². The van der Waals surface area contributed by atoms with Crippen LogP contribution < -0.4 is 10.1 Å². The van der Waals surface area contributed by atoms with E-state index < -0.39 is 10.8 Å². The number of aryl methyl sites for hydroxylation is 1. The van der Waals surface area contributed by atoms with Crippen LogP contribution in [0.4, 0.5) is 11.4 Å². The van der Waals surface area contributed by atoms with Gasteiger partial charge in [0.2, 0.25) is 0 Å². The highest BCUT2D eigenvalue weighted by Gasteiger charge is 2.12. The Morgan fingerprint density at radius 2 is 2.00 bits per heavy atom. The molecule has 0 aliphatic heterocycles. The molecule has 0 spiro atoms. The topological polar surface area (TPSA) is 81.5 Å². The van der Waals surface area contributed by atoms with Crippen molar-refractivity contribution in [3.63, 3.8) is 0 Å². The van der Waals surface area contributed by atoms with E-state index >= 15 is 0 Å². The number of hydrogen-bond donors (Lipinski definition) is 1. The zero-order valence-electron chi connectivity index (χ0n) is 12.0. The van der Waals surface area contributed by atoms with E-state index in [1.165, 1.54) is 18.2 Å². The molecule has 0 saturated heterocycles. The van der Waals surface area contributed by atoms with Crippen LogP contribution in [0.15, 0.2) is 36.4 Å². The fourth-order valence-electron chi connectivity index (χ4n) is 1.78. The van der Waals surface area contributed by atoms with Crippen LogP contribution >= 0.6 is 23.2 Å². The number of nitrogens with one attached hydrogen (secondary N) is 1. The van der Waals surface area contributed by atoms with Crippen LogP contribution in [0.3, 0.4) is 0 Å².